The van der Waals surface area contributed by atoms with Gasteiger partial charge in [0, 0.05) is 22.5 Å². The highest BCUT2D eigenvalue weighted by Gasteiger charge is 2.29. The van der Waals surface area contributed by atoms with E-state index in [9.17, 15) is 9.59 Å². The number of aromatic nitrogens is 1. The lowest BCUT2D eigenvalue weighted by Crippen LogP contribution is -2.43. The molecule has 1 heterocycles. The molecule has 4 rings (SSSR count). The van der Waals surface area contributed by atoms with E-state index in [0.29, 0.717) is 0 Å². The lowest BCUT2D eigenvalue weighted by molar-refractivity contribution is -0.129. The van der Waals surface area contributed by atoms with Crippen molar-refractivity contribution in [2.45, 2.75) is 19.4 Å². The van der Waals surface area contributed by atoms with E-state index in [2.05, 4.69) is 16.9 Å². The predicted molar refractivity (Wildman–Crippen MR) is 96.4 cm³/mol. The van der Waals surface area contributed by atoms with Crippen molar-refractivity contribution in [3.05, 3.63) is 60.7 Å². The lowest BCUT2D eigenvalue weighted by Gasteiger charge is -2.12. The van der Waals surface area contributed by atoms with E-state index >= 15 is 0 Å². The molecule has 0 spiro atoms. The summed E-state index contributed by atoms with van der Waals surface area (Å²) in [4.78, 5) is 24.0. The highest BCUT2D eigenvalue weighted by atomic mass is 16.2. The molecular weight excluding hydrogens is 314 g/mol. The van der Waals surface area contributed by atoms with Crippen LogP contribution in [-0.2, 0) is 16.1 Å². The second-order valence-corrected chi connectivity index (χ2v) is 6.35. The van der Waals surface area contributed by atoms with E-state index in [4.69, 9.17) is 0 Å². The number of para-hydroxylation sites is 1. The molecule has 2 amide bonds. The number of benzene rings is 2. The largest absolute Gasteiger partial charge is 0.331 e. The third kappa shape index (κ3) is 3.26. The van der Waals surface area contributed by atoms with Crippen molar-refractivity contribution < 1.29 is 9.59 Å². The van der Waals surface area contributed by atoms with Crippen LogP contribution in [0.2, 0.25) is 0 Å². The van der Waals surface area contributed by atoms with Gasteiger partial charge >= 0.3 is 0 Å². The Balaban J connectivity index is 1.61. The van der Waals surface area contributed by atoms with E-state index in [1.807, 2.05) is 59.2 Å². The van der Waals surface area contributed by atoms with Gasteiger partial charge in [0.2, 0.25) is 5.91 Å². The molecule has 5 heteroatoms. The molecule has 0 bridgehead atoms. The van der Waals surface area contributed by atoms with Gasteiger partial charge in [-0.3, -0.25) is 20.4 Å². The maximum absolute atomic E-state index is 12.3. The Bertz CT molecular complexity index is 927. The zero-order valence-electron chi connectivity index (χ0n) is 13.7. The molecule has 3 aromatic rings. The number of nitrogens with one attached hydrogen (secondary N) is 2. The Morgan fingerprint density at radius 1 is 0.960 bits per heavy atom. The van der Waals surface area contributed by atoms with Crippen LogP contribution in [0.5, 0.6) is 0 Å². The van der Waals surface area contributed by atoms with Crippen molar-refractivity contribution in [1.29, 1.82) is 0 Å². The molecule has 126 valence electrons. The van der Waals surface area contributed by atoms with Crippen molar-refractivity contribution in [2.75, 3.05) is 0 Å². The average molecular weight is 333 g/mol. The Morgan fingerprint density at radius 3 is 2.44 bits per heavy atom. The summed E-state index contributed by atoms with van der Waals surface area (Å²) in [5.74, 6) is -0.283. The minimum absolute atomic E-state index is 0.0626. The number of amides is 2. The number of hydrogen-bond donors (Lipinski definition) is 2. The standard InChI is InChI=1S/C20H19N3O2/c24-19(21-22-20(25)15-10-11-15)13-23-17-9-5-4-8-16(17)12-18(23)14-6-2-1-3-7-14/h1-9,12,15H,10-11,13H2,(H,21,24)(H,22,25). The molecule has 0 aliphatic heterocycles. The van der Waals surface area contributed by atoms with Gasteiger partial charge in [-0.05, 0) is 30.5 Å². The molecule has 1 aliphatic rings. The molecule has 0 saturated heterocycles. The molecule has 1 fully saturated rings. The summed E-state index contributed by atoms with van der Waals surface area (Å²) in [7, 11) is 0. The first-order chi connectivity index (χ1) is 12.2. The third-order valence-electron chi connectivity index (χ3n) is 4.46. The van der Waals surface area contributed by atoms with Crippen LogP contribution >= 0.6 is 0 Å². The number of fused-ring (bicyclic) bond motifs is 1. The highest BCUT2D eigenvalue weighted by Crippen LogP contribution is 2.29. The first kappa shape index (κ1) is 15.4. The summed E-state index contributed by atoms with van der Waals surface area (Å²) in [6, 6.07) is 20.0. The summed E-state index contributed by atoms with van der Waals surface area (Å²) < 4.78 is 1.98. The van der Waals surface area contributed by atoms with Gasteiger partial charge in [0.15, 0.2) is 0 Å². The molecule has 1 saturated carbocycles. The number of hydrazine groups is 1. The fraction of sp³-hybridized carbons (Fsp3) is 0.200. The summed E-state index contributed by atoms with van der Waals surface area (Å²) >= 11 is 0. The Morgan fingerprint density at radius 2 is 1.68 bits per heavy atom. The Kier molecular flexibility index (Phi) is 3.98. The molecule has 0 atom stereocenters. The number of rotatable bonds is 4. The normalized spacial score (nSPS) is 13.6. The molecule has 25 heavy (non-hydrogen) atoms. The van der Waals surface area contributed by atoms with Gasteiger partial charge in [0.1, 0.15) is 6.54 Å². The van der Waals surface area contributed by atoms with Crippen molar-refractivity contribution >= 4 is 22.7 Å². The van der Waals surface area contributed by atoms with Crippen LogP contribution in [0.1, 0.15) is 12.8 Å². The smallest absolute Gasteiger partial charge is 0.258 e. The first-order valence-corrected chi connectivity index (χ1v) is 8.45. The van der Waals surface area contributed by atoms with Gasteiger partial charge in [-0.15, -0.1) is 0 Å². The topological polar surface area (TPSA) is 63.1 Å². The molecule has 1 aliphatic carbocycles. The van der Waals surface area contributed by atoms with Crippen LogP contribution < -0.4 is 10.9 Å². The summed E-state index contributed by atoms with van der Waals surface area (Å²) in [6.45, 7) is 0.142. The molecule has 1 aromatic heterocycles. The fourth-order valence-electron chi connectivity index (χ4n) is 2.99. The summed E-state index contributed by atoms with van der Waals surface area (Å²) in [5.41, 5.74) is 8.06. The molecule has 0 radical (unpaired) electrons. The number of nitrogens with zero attached hydrogens (tertiary/aromatic N) is 1. The maximum atomic E-state index is 12.3. The monoisotopic (exact) mass is 333 g/mol. The number of carbonyl (C=O) groups excluding carboxylic acids is 2. The van der Waals surface area contributed by atoms with Crippen LogP contribution in [0.15, 0.2) is 60.7 Å². The first-order valence-electron chi connectivity index (χ1n) is 8.45. The van der Waals surface area contributed by atoms with E-state index in [0.717, 1.165) is 35.0 Å². The zero-order chi connectivity index (χ0) is 17.2. The van der Waals surface area contributed by atoms with Crippen LogP contribution in [0, 0.1) is 5.92 Å². The Hall–Kier alpha value is -3.08. The molecular formula is C20H19N3O2. The van der Waals surface area contributed by atoms with Crippen molar-refractivity contribution in [2.24, 2.45) is 5.92 Å². The van der Waals surface area contributed by atoms with Gasteiger partial charge in [0.05, 0.1) is 0 Å². The number of carbonyl (C=O) groups is 2. The average Bonchev–Trinajstić information content (AvgIpc) is 3.44. The van der Waals surface area contributed by atoms with E-state index in [1.165, 1.54) is 0 Å². The van der Waals surface area contributed by atoms with E-state index in [1.54, 1.807) is 0 Å². The maximum Gasteiger partial charge on any atom is 0.258 e. The zero-order valence-corrected chi connectivity index (χ0v) is 13.7. The minimum atomic E-state index is -0.243. The van der Waals surface area contributed by atoms with Gasteiger partial charge in [-0.2, -0.15) is 0 Å². The van der Waals surface area contributed by atoms with Gasteiger partial charge in [0.25, 0.3) is 5.91 Å². The lowest BCUT2D eigenvalue weighted by atomic mass is 10.1. The SMILES string of the molecule is O=C(Cn1c(-c2ccccc2)cc2ccccc21)NNC(=O)C1CC1. The second kappa shape index (κ2) is 6.43. The highest BCUT2D eigenvalue weighted by molar-refractivity contribution is 5.90. The van der Waals surface area contributed by atoms with Crippen LogP contribution in [0.3, 0.4) is 0 Å². The molecule has 0 unspecified atom stereocenters. The summed E-state index contributed by atoms with van der Waals surface area (Å²) in [6.07, 6.45) is 1.81. The molecule has 5 nitrogen and oxygen atoms in total. The van der Waals surface area contributed by atoms with Gasteiger partial charge < -0.3 is 4.57 Å². The second-order valence-electron chi connectivity index (χ2n) is 6.35. The van der Waals surface area contributed by atoms with E-state index < -0.39 is 0 Å². The van der Waals surface area contributed by atoms with Gasteiger partial charge in [-0.1, -0.05) is 48.5 Å². The van der Waals surface area contributed by atoms with Crippen molar-refractivity contribution in [3.63, 3.8) is 0 Å². The predicted octanol–water partition coefficient (Wildman–Crippen LogP) is 2.87. The quantitative estimate of drug-likeness (QED) is 0.721. The summed E-state index contributed by atoms with van der Waals surface area (Å²) in [5, 5.41) is 1.08. The van der Waals surface area contributed by atoms with Crippen LogP contribution in [0.4, 0.5) is 0 Å². The number of hydrogen-bond acceptors (Lipinski definition) is 2. The van der Waals surface area contributed by atoms with E-state index in [-0.39, 0.29) is 24.3 Å². The third-order valence-corrected chi connectivity index (χ3v) is 4.46. The fourth-order valence-corrected chi connectivity index (χ4v) is 2.99. The Labute approximate surface area is 145 Å². The van der Waals surface area contributed by atoms with Crippen molar-refractivity contribution in [1.82, 2.24) is 15.4 Å². The van der Waals surface area contributed by atoms with Crippen LogP contribution in [0.25, 0.3) is 22.2 Å². The molecule has 2 N–H and O–H groups in total. The minimum Gasteiger partial charge on any atom is -0.331 e. The van der Waals surface area contributed by atoms with Crippen molar-refractivity contribution in [3.8, 4) is 11.3 Å². The van der Waals surface area contributed by atoms with Gasteiger partial charge in [-0.25, -0.2) is 0 Å². The van der Waals surface area contributed by atoms with Crippen LogP contribution in [-0.4, -0.2) is 16.4 Å². The molecule has 2 aromatic carbocycles.